The Morgan fingerprint density at radius 3 is 2.71 bits per heavy atom. The van der Waals surface area contributed by atoms with E-state index in [0.717, 1.165) is 11.3 Å². The maximum Gasteiger partial charge on any atom is 0.159 e. The van der Waals surface area contributed by atoms with Crippen LogP contribution >= 0.6 is 0 Å². The van der Waals surface area contributed by atoms with Crippen molar-refractivity contribution in [3.05, 3.63) is 53.7 Å². The van der Waals surface area contributed by atoms with E-state index >= 15 is 0 Å². The lowest BCUT2D eigenvalue weighted by Crippen LogP contribution is -1.92. The summed E-state index contributed by atoms with van der Waals surface area (Å²) in [6.45, 7) is 1.53. The van der Waals surface area contributed by atoms with Crippen LogP contribution in [0.2, 0.25) is 0 Å². The van der Waals surface area contributed by atoms with Crippen molar-refractivity contribution in [2.45, 2.75) is 6.92 Å². The molecule has 0 spiro atoms. The number of hydrogen-bond acceptors (Lipinski definition) is 3. The molecule has 17 heavy (non-hydrogen) atoms. The second-order valence-corrected chi connectivity index (χ2v) is 3.68. The first-order valence-electron chi connectivity index (χ1n) is 5.18. The van der Waals surface area contributed by atoms with E-state index in [4.69, 9.17) is 5.26 Å². The van der Waals surface area contributed by atoms with Gasteiger partial charge in [0.05, 0.1) is 11.3 Å². The number of hydrogen-bond donors (Lipinski definition) is 0. The molecular weight excluding hydrogens is 212 g/mol. The number of carbonyl (C=O) groups is 1. The molecule has 0 unspecified atom stereocenters. The predicted molar refractivity (Wildman–Crippen MR) is 64.4 cm³/mol. The van der Waals surface area contributed by atoms with Crippen molar-refractivity contribution in [2.75, 3.05) is 0 Å². The lowest BCUT2D eigenvalue weighted by Gasteiger charge is -2.02. The summed E-state index contributed by atoms with van der Waals surface area (Å²) in [6, 6.07) is 12.8. The van der Waals surface area contributed by atoms with E-state index < -0.39 is 0 Å². The number of carbonyl (C=O) groups excluding carboxylic acids is 1. The predicted octanol–water partition coefficient (Wildman–Crippen LogP) is 2.82. The number of rotatable bonds is 2. The maximum absolute atomic E-state index is 11.3. The molecule has 0 radical (unpaired) electrons. The van der Waals surface area contributed by atoms with Crippen LogP contribution in [0.3, 0.4) is 0 Å². The minimum Gasteiger partial charge on any atom is -0.295 e. The fraction of sp³-hybridized carbons (Fsp3) is 0.0714. The highest BCUT2D eigenvalue weighted by Crippen LogP contribution is 2.18. The van der Waals surface area contributed by atoms with E-state index in [0.29, 0.717) is 11.1 Å². The average Bonchev–Trinajstić information content (AvgIpc) is 2.39. The Kier molecular flexibility index (Phi) is 2.97. The lowest BCUT2D eigenvalue weighted by atomic mass is 10.1. The zero-order valence-electron chi connectivity index (χ0n) is 9.34. The van der Waals surface area contributed by atoms with Crippen molar-refractivity contribution < 1.29 is 4.79 Å². The van der Waals surface area contributed by atoms with E-state index in [1.54, 1.807) is 24.3 Å². The van der Waals surface area contributed by atoms with Crippen LogP contribution < -0.4 is 0 Å². The molecule has 2 rings (SSSR count). The van der Waals surface area contributed by atoms with Gasteiger partial charge in [0.15, 0.2) is 5.78 Å². The van der Waals surface area contributed by atoms with E-state index in [-0.39, 0.29) is 5.78 Å². The molecule has 1 aromatic heterocycles. The maximum atomic E-state index is 11.3. The zero-order chi connectivity index (χ0) is 12.3. The molecule has 0 amide bonds. The second kappa shape index (κ2) is 4.58. The molecule has 0 aliphatic carbocycles. The summed E-state index contributed by atoms with van der Waals surface area (Å²) in [6.07, 6.45) is 1.52. The van der Waals surface area contributed by atoms with Crippen LogP contribution in [0.5, 0.6) is 0 Å². The van der Waals surface area contributed by atoms with Crippen molar-refractivity contribution >= 4 is 5.78 Å². The normalized spacial score (nSPS) is 9.65. The summed E-state index contributed by atoms with van der Waals surface area (Å²) < 4.78 is 0. The van der Waals surface area contributed by atoms with Gasteiger partial charge >= 0.3 is 0 Å². The van der Waals surface area contributed by atoms with Gasteiger partial charge in [-0.3, -0.25) is 9.78 Å². The molecule has 0 atom stereocenters. The molecule has 1 heterocycles. The summed E-state index contributed by atoms with van der Waals surface area (Å²) in [5, 5.41) is 8.68. The molecule has 0 aliphatic rings. The first-order valence-corrected chi connectivity index (χ1v) is 5.18. The Morgan fingerprint density at radius 2 is 2.12 bits per heavy atom. The minimum absolute atomic E-state index is 0.0282. The molecule has 3 heteroatoms. The molecule has 82 valence electrons. The monoisotopic (exact) mass is 222 g/mol. The molecule has 2 aromatic rings. The quantitative estimate of drug-likeness (QED) is 0.734. The summed E-state index contributed by atoms with van der Waals surface area (Å²) in [5.41, 5.74) is 2.82. The first kappa shape index (κ1) is 11.0. The van der Waals surface area contributed by atoms with Crippen LogP contribution in [0, 0.1) is 11.3 Å². The second-order valence-electron chi connectivity index (χ2n) is 3.68. The Labute approximate surface area is 99.4 Å². The van der Waals surface area contributed by atoms with Crippen LogP contribution in [0.1, 0.15) is 22.8 Å². The number of nitriles is 1. The molecule has 0 saturated carbocycles. The van der Waals surface area contributed by atoms with E-state index in [1.165, 1.54) is 13.1 Å². The number of Topliss-reactive ketones (excluding diaryl/α,β-unsaturated/α-hetero) is 1. The summed E-state index contributed by atoms with van der Waals surface area (Å²) in [4.78, 5) is 15.5. The van der Waals surface area contributed by atoms with Crippen LogP contribution in [0.25, 0.3) is 11.3 Å². The third kappa shape index (κ3) is 2.37. The first-order chi connectivity index (χ1) is 8.20. The van der Waals surface area contributed by atoms with Gasteiger partial charge in [-0.15, -0.1) is 0 Å². The summed E-state index contributed by atoms with van der Waals surface area (Å²) >= 11 is 0. The molecule has 0 aliphatic heterocycles. The van der Waals surface area contributed by atoms with Gasteiger partial charge in [-0.25, -0.2) is 0 Å². The highest BCUT2D eigenvalue weighted by Gasteiger charge is 2.03. The van der Waals surface area contributed by atoms with Gasteiger partial charge in [0.1, 0.15) is 6.07 Å². The SMILES string of the molecule is CC(=O)c1cccc(-c2ccc(C#N)cn2)c1. The molecule has 0 N–H and O–H groups in total. The standard InChI is InChI=1S/C14H10N2O/c1-10(17)12-3-2-4-13(7-12)14-6-5-11(8-15)9-16-14/h2-7,9H,1H3. The highest BCUT2D eigenvalue weighted by atomic mass is 16.1. The number of aromatic nitrogens is 1. The molecular formula is C14H10N2O. The van der Waals surface area contributed by atoms with Crippen LogP contribution in [-0.4, -0.2) is 10.8 Å². The van der Waals surface area contributed by atoms with Gasteiger partial charge in [0.25, 0.3) is 0 Å². The van der Waals surface area contributed by atoms with E-state index in [1.807, 2.05) is 18.2 Å². The number of benzene rings is 1. The molecule has 0 fully saturated rings. The molecule has 1 aromatic carbocycles. The number of pyridine rings is 1. The Balaban J connectivity index is 2.42. The third-order valence-corrected chi connectivity index (χ3v) is 2.46. The van der Waals surface area contributed by atoms with Gasteiger partial charge in [-0.1, -0.05) is 18.2 Å². The van der Waals surface area contributed by atoms with E-state index in [9.17, 15) is 4.79 Å². The fourth-order valence-electron chi connectivity index (χ4n) is 1.53. The largest absolute Gasteiger partial charge is 0.295 e. The number of ketones is 1. The molecule has 3 nitrogen and oxygen atoms in total. The number of nitrogens with zero attached hydrogens (tertiary/aromatic N) is 2. The summed E-state index contributed by atoms with van der Waals surface area (Å²) in [5.74, 6) is 0.0282. The Hall–Kier alpha value is -2.47. The highest BCUT2D eigenvalue weighted by molar-refractivity contribution is 5.95. The van der Waals surface area contributed by atoms with Gasteiger partial charge < -0.3 is 0 Å². The van der Waals surface area contributed by atoms with E-state index in [2.05, 4.69) is 4.98 Å². The average molecular weight is 222 g/mol. The smallest absolute Gasteiger partial charge is 0.159 e. The third-order valence-electron chi connectivity index (χ3n) is 2.46. The van der Waals surface area contributed by atoms with Gasteiger partial charge in [-0.2, -0.15) is 5.26 Å². The van der Waals surface area contributed by atoms with Gasteiger partial charge in [0, 0.05) is 17.3 Å². The van der Waals surface area contributed by atoms with Crippen LogP contribution in [0.15, 0.2) is 42.6 Å². The van der Waals surface area contributed by atoms with Gasteiger partial charge in [0.2, 0.25) is 0 Å². The van der Waals surface area contributed by atoms with Crippen LogP contribution in [-0.2, 0) is 0 Å². The van der Waals surface area contributed by atoms with Crippen molar-refractivity contribution in [3.63, 3.8) is 0 Å². The van der Waals surface area contributed by atoms with Crippen molar-refractivity contribution in [3.8, 4) is 17.3 Å². The minimum atomic E-state index is 0.0282. The van der Waals surface area contributed by atoms with Crippen molar-refractivity contribution in [2.24, 2.45) is 0 Å². The van der Waals surface area contributed by atoms with Crippen molar-refractivity contribution in [1.29, 1.82) is 5.26 Å². The van der Waals surface area contributed by atoms with Crippen LogP contribution in [0.4, 0.5) is 0 Å². The lowest BCUT2D eigenvalue weighted by molar-refractivity contribution is 0.101. The molecule has 0 bridgehead atoms. The zero-order valence-corrected chi connectivity index (χ0v) is 9.34. The fourth-order valence-corrected chi connectivity index (χ4v) is 1.53. The topological polar surface area (TPSA) is 53.8 Å². The van der Waals surface area contributed by atoms with Gasteiger partial charge in [-0.05, 0) is 25.1 Å². The van der Waals surface area contributed by atoms with Crippen molar-refractivity contribution in [1.82, 2.24) is 4.98 Å². The Bertz CT molecular complexity index is 594. The molecule has 0 saturated heterocycles. The Morgan fingerprint density at radius 1 is 1.29 bits per heavy atom. The summed E-state index contributed by atoms with van der Waals surface area (Å²) in [7, 11) is 0.